The second-order valence-corrected chi connectivity index (χ2v) is 6.43. The first-order valence-electron chi connectivity index (χ1n) is 9.37. The average Bonchev–Trinajstić information content (AvgIpc) is 2.52. The largest absolute Gasteiger partial charge is 0.462 e. The van der Waals surface area contributed by atoms with Crippen molar-refractivity contribution in [2.45, 2.75) is 92.1 Å². The van der Waals surface area contributed by atoms with Crippen molar-refractivity contribution in [1.82, 2.24) is 0 Å². The van der Waals surface area contributed by atoms with Crippen LogP contribution in [0, 0.1) is 11.8 Å². The number of esters is 2. The maximum atomic E-state index is 12.2. The third kappa shape index (κ3) is 9.62. The van der Waals surface area contributed by atoms with Gasteiger partial charge < -0.3 is 9.47 Å². The Hall–Kier alpha value is -1.06. The highest BCUT2D eigenvalue weighted by Crippen LogP contribution is 2.18. The van der Waals surface area contributed by atoms with Gasteiger partial charge in [0.25, 0.3) is 0 Å². The van der Waals surface area contributed by atoms with Gasteiger partial charge in [0.2, 0.25) is 0 Å². The first-order valence-corrected chi connectivity index (χ1v) is 9.37. The Balaban J connectivity index is 4.28. The highest BCUT2D eigenvalue weighted by molar-refractivity contribution is 5.73. The molecule has 1 unspecified atom stereocenters. The Morgan fingerprint density at radius 2 is 1.13 bits per heavy atom. The minimum atomic E-state index is -0.383. The van der Waals surface area contributed by atoms with Crippen LogP contribution in [0.15, 0.2) is 0 Å². The fourth-order valence-corrected chi connectivity index (χ4v) is 2.80. The Morgan fingerprint density at radius 1 is 0.739 bits per heavy atom. The van der Waals surface area contributed by atoms with Gasteiger partial charge in [-0.2, -0.15) is 0 Å². The number of carbonyl (C=O) groups is 2. The maximum absolute atomic E-state index is 12.2. The zero-order valence-corrected chi connectivity index (χ0v) is 15.7. The van der Waals surface area contributed by atoms with Gasteiger partial charge in [-0.3, -0.25) is 9.59 Å². The van der Waals surface area contributed by atoms with E-state index in [1.54, 1.807) is 6.92 Å². The minimum absolute atomic E-state index is 0.0270. The number of hydrogen-bond acceptors (Lipinski definition) is 4. The van der Waals surface area contributed by atoms with Crippen molar-refractivity contribution in [3.05, 3.63) is 0 Å². The molecule has 0 radical (unpaired) electrons. The smallest absolute Gasteiger partial charge is 0.309 e. The van der Waals surface area contributed by atoms with E-state index in [0.29, 0.717) is 0 Å². The molecule has 0 rings (SSSR count). The molecule has 0 aromatic heterocycles. The second kappa shape index (κ2) is 13.4. The molecule has 136 valence electrons. The van der Waals surface area contributed by atoms with Crippen molar-refractivity contribution in [1.29, 1.82) is 0 Å². The third-order valence-corrected chi connectivity index (χ3v) is 3.99. The van der Waals surface area contributed by atoms with Crippen molar-refractivity contribution in [2.24, 2.45) is 11.8 Å². The lowest BCUT2D eigenvalue weighted by Gasteiger charge is -2.20. The van der Waals surface area contributed by atoms with Gasteiger partial charge in [-0.25, -0.2) is 0 Å². The molecule has 0 N–H and O–H groups in total. The van der Waals surface area contributed by atoms with Gasteiger partial charge in [-0.15, -0.1) is 0 Å². The summed E-state index contributed by atoms with van der Waals surface area (Å²) in [7, 11) is 0. The van der Waals surface area contributed by atoms with Gasteiger partial charge >= 0.3 is 11.9 Å². The topological polar surface area (TPSA) is 52.6 Å². The highest BCUT2D eigenvalue weighted by Gasteiger charge is 2.23. The van der Waals surface area contributed by atoms with Gasteiger partial charge in [0.15, 0.2) is 0 Å². The van der Waals surface area contributed by atoms with Crippen molar-refractivity contribution < 1.29 is 19.1 Å². The first-order chi connectivity index (χ1) is 11.0. The summed E-state index contributed by atoms with van der Waals surface area (Å²) in [5, 5.41) is 0. The molecule has 0 aromatic carbocycles. The van der Waals surface area contributed by atoms with Crippen LogP contribution in [0.3, 0.4) is 0 Å². The molecule has 4 nitrogen and oxygen atoms in total. The fraction of sp³-hybridized carbons (Fsp3) is 0.895. The molecular weight excluding hydrogens is 292 g/mol. The van der Waals surface area contributed by atoms with Gasteiger partial charge in [0.05, 0.1) is 11.8 Å². The number of ether oxygens (including phenoxy) is 2. The molecular formula is C19H36O4. The van der Waals surface area contributed by atoms with Crippen LogP contribution in [0.1, 0.15) is 86.0 Å². The Labute approximate surface area is 142 Å². The van der Waals surface area contributed by atoms with Crippen LogP contribution in [0.2, 0.25) is 0 Å². The van der Waals surface area contributed by atoms with E-state index in [2.05, 4.69) is 27.7 Å². The molecule has 0 heterocycles. The number of rotatable bonds is 13. The summed E-state index contributed by atoms with van der Waals surface area (Å²) < 4.78 is 10.8. The molecule has 0 aliphatic rings. The predicted octanol–water partition coefficient (Wildman–Crippen LogP) is 4.89. The molecule has 0 amide bonds. The molecule has 23 heavy (non-hydrogen) atoms. The van der Waals surface area contributed by atoms with E-state index < -0.39 is 0 Å². The second-order valence-electron chi connectivity index (χ2n) is 6.43. The van der Waals surface area contributed by atoms with Crippen LogP contribution in [0.5, 0.6) is 0 Å². The molecule has 0 saturated carbocycles. The lowest BCUT2D eigenvalue weighted by atomic mass is 9.98. The summed E-state index contributed by atoms with van der Waals surface area (Å²) in [6.45, 7) is 10.2. The molecule has 0 aliphatic heterocycles. The molecule has 0 aliphatic carbocycles. The first kappa shape index (κ1) is 21.9. The van der Waals surface area contributed by atoms with E-state index >= 15 is 0 Å². The minimum Gasteiger partial charge on any atom is -0.462 e. The quantitative estimate of drug-likeness (QED) is 0.451. The Morgan fingerprint density at radius 3 is 1.52 bits per heavy atom. The summed E-state index contributed by atoms with van der Waals surface area (Å²) in [5.74, 6) is -0.372. The third-order valence-electron chi connectivity index (χ3n) is 3.99. The molecule has 1 atom stereocenters. The maximum Gasteiger partial charge on any atom is 0.309 e. The van der Waals surface area contributed by atoms with E-state index in [-0.39, 0.29) is 36.5 Å². The van der Waals surface area contributed by atoms with Crippen LogP contribution in [0.4, 0.5) is 0 Å². The van der Waals surface area contributed by atoms with Crippen LogP contribution in [0.25, 0.3) is 0 Å². The van der Waals surface area contributed by atoms with E-state index in [0.717, 1.165) is 51.4 Å². The Bertz CT molecular complexity index is 315. The SMILES string of the molecule is CCCC(CCC)C(=O)OCC(C)OC(=O)C(CCC)CCC. The van der Waals surface area contributed by atoms with Gasteiger partial charge in [-0.05, 0) is 32.6 Å². The van der Waals surface area contributed by atoms with Crippen LogP contribution < -0.4 is 0 Å². The molecule has 0 saturated heterocycles. The average molecular weight is 328 g/mol. The van der Waals surface area contributed by atoms with E-state index in [4.69, 9.17) is 9.47 Å². The standard InChI is InChI=1S/C19H36O4/c1-6-10-16(11-7-2)18(20)22-14-15(5)23-19(21)17(12-8-3)13-9-4/h15-17H,6-14H2,1-5H3. The number of hydrogen-bond donors (Lipinski definition) is 0. The molecule has 0 fully saturated rings. The zero-order valence-electron chi connectivity index (χ0n) is 15.7. The van der Waals surface area contributed by atoms with Crippen molar-refractivity contribution in [3.8, 4) is 0 Å². The Kier molecular flexibility index (Phi) is 12.8. The fourth-order valence-electron chi connectivity index (χ4n) is 2.80. The van der Waals surface area contributed by atoms with Gasteiger partial charge in [0, 0.05) is 0 Å². The molecule has 0 spiro atoms. The van der Waals surface area contributed by atoms with Crippen LogP contribution in [-0.2, 0) is 19.1 Å². The zero-order chi connectivity index (χ0) is 17.7. The predicted molar refractivity (Wildman–Crippen MR) is 93.1 cm³/mol. The highest BCUT2D eigenvalue weighted by atomic mass is 16.6. The number of carbonyl (C=O) groups excluding carboxylic acids is 2. The lowest BCUT2D eigenvalue weighted by Crippen LogP contribution is -2.28. The normalized spacial score (nSPS) is 12.5. The van der Waals surface area contributed by atoms with Crippen molar-refractivity contribution >= 4 is 11.9 Å². The van der Waals surface area contributed by atoms with E-state index in [1.165, 1.54) is 0 Å². The summed E-state index contributed by atoms with van der Waals surface area (Å²) in [5.41, 5.74) is 0. The van der Waals surface area contributed by atoms with Crippen LogP contribution >= 0.6 is 0 Å². The van der Waals surface area contributed by atoms with E-state index in [1.807, 2.05) is 0 Å². The lowest BCUT2D eigenvalue weighted by molar-refractivity contribution is -0.163. The summed E-state index contributed by atoms with van der Waals surface area (Å²) in [6.07, 6.45) is 6.93. The summed E-state index contributed by atoms with van der Waals surface area (Å²) in [4.78, 5) is 24.2. The van der Waals surface area contributed by atoms with Gasteiger partial charge in [-0.1, -0.05) is 53.4 Å². The van der Waals surface area contributed by atoms with Crippen molar-refractivity contribution in [2.75, 3.05) is 6.61 Å². The molecule has 0 aromatic rings. The summed E-state index contributed by atoms with van der Waals surface area (Å²) in [6, 6.07) is 0. The molecule has 0 bridgehead atoms. The van der Waals surface area contributed by atoms with Crippen molar-refractivity contribution in [3.63, 3.8) is 0 Å². The van der Waals surface area contributed by atoms with Crippen LogP contribution in [-0.4, -0.2) is 24.6 Å². The van der Waals surface area contributed by atoms with E-state index in [9.17, 15) is 9.59 Å². The monoisotopic (exact) mass is 328 g/mol. The molecule has 4 heteroatoms. The summed E-state index contributed by atoms with van der Waals surface area (Å²) >= 11 is 0. The van der Waals surface area contributed by atoms with Gasteiger partial charge in [0.1, 0.15) is 12.7 Å².